The zero-order valence-electron chi connectivity index (χ0n) is 4.83. The van der Waals surface area contributed by atoms with Crippen LogP contribution in [-0.2, 0) is 0 Å². The van der Waals surface area contributed by atoms with E-state index in [4.69, 9.17) is 20.8 Å². The van der Waals surface area contributed by atoms with Crippen molar-refractivity contribution in [2.24, 2.45) is 0 Å². The van der Waals surface area contributed by atoms with Crippen LogP contribution in [0.4, 0.5) is 0 Å². The van der Waals surface area contributed by atoms with Crippen molar-refractivity contribution in [3.63, 3.8) is 0 Å². The Hall–Kier alpha value is -0.850. The second kappa shape index (κ2) is 2.18. The second-order valence-corrected chi connectivity index (χ2v) is 1.79. The van der Waals surface area contributed by atoms with Crippen molar-refractivity contribution in [3.05, 3.63) is 18.2 Å². The van der Waals surface area contributed by atoms with E-state index in [1.807, 2.05) is 0 Å². The smallest absolute Gasteiger partial charge is 0.118 e. The Morgan fingerprint density at radius 2 is 1.56 bits per heavy atom. The van der Waals surface area contributed by atoms with Gasteiger partial charge in [0.1, 0.15) is 21.4 Å². The van der Waals surface area contributed by atoms with E-state index < -0.39 is 0 Å². The van der Waals surface area contributed by atoms with Gasteiger partial charge in [0.05, 0.1) is 0 Å². The predicted molar refractivity (Wildman–Crippen MR) is 38.9 cm³/mol. The van der Waals surface area contributed by atoms with E-state index in [1.165, 1.54) is 0 Å². The summed E-state index contributed by atoms with van der Waals surface area (Å²) >= 11 is 0. The molecule has 0 aliphatic rings. The third kappa shape index (κ3) is 1.10. The molecule has 0 aromatic heterocycles. The van der Waals surface area contributed by atoms with Gasteiger partial charge in [-0.05, 0) is 0 Å². The maximum absolute atomic E-state index is 8.96. The number of hydrogen-bond acceptors (Lipinski definition) is 1. The average molecular weight is 114 g/mol. The first-order valence-electron chi connectivity index (χ1n) is 2.54. The first-order chi connectivity index (χ1) is 4.22. The molecule has 0 amide bonds. The van der Waals surface area contributed by atoms with Crippen LogP contribution in [0, 0.1) is 0 Å². The SMILES string of the molecule is [B]c1cccc([B])c1O. The van der Waals surface area contributed by atoms with Gasteiger partial charge in [0.15, 0.2) is 0 Å². The van der Waals surface area contributed by atoms with Gasteiger partial charge in [-0.2, -0.15) is 0 Å². The number of benzene rings is 1. The lowest BCUT2D eigenvalue weighted by molar-refractivity contribution is 0.484. The number of phenolic OH excluding ortho intramolecular Hbond substituents is 1. The molecule has 1 nitrogen and oxygen atoms in total. The summed E-state index contributed by atoms with van der Waals surface area (Å²) in [5.74, 6) is -0.0301. The summed E-state index contributed by atoms with van der Waals surface area (Å²) in [6, 6.07) is 4.86. The molecule has 0 bridgehead atoms. The molecule has 3 heteroatoms. The van der Waals surface area contributed by atoms with Crippen molar-refractivity contribution in [1.29, 1.82) is 0 Å². The first kappa shape index (κ1) is 6.27. The summed E-state index contributed by atoms with van der Waals surface area (Å²) in [5.41, 5.74) is 0.630. The molecule has 1 N–H and O–H groups in total. The van der Waals surface area contributed by atoms with E-state index in [0.717, 1.165) is 0 Å². The third-order valence-electron chi connectivity index (χ3n) is 1.10. The highest BCUT2D eigenvalue weighted by Gasteiger charge is 1.94. The molecule has 1 rings (SSSR count). The Bertz CT molecular complexity index is 202. The molecule has 1 aromatic rings. The number of para-hydroxylation sites is 1. The van der Waals surface area contributed by atoms with Crippen molar-refractivity contribution in [2.75, 3.05) is 0 Å². The summed E-state index contributed by atoms with van der Waals surface area (Å²) in [5, 5.41) is 8.96. The monoisotopic (exact) mass is 114 g/mol. The summed E-state index contributed by atoms with van der Waals surface area (Å²) in [7, 11) is 10.6. The summed E-state index contributed by atoms with van der Waals surface area (Å²) in [6.45, 7) is 0. The minimum Gasteiger partial charge on any atom is -0.509 e. The van der Waals surface area contributed by atoms with Gasteiger partial charge < -0.3 is 5.11 Å². The number of phenols is 1. The van der Waals surface area contributed by atoms with Crippen molar-refractivity contribution in [3.8, 4) is 5.75 Å². The van der Waals surface area contributed by atoms with Crippen LogP contribution in [-0.4, -0.2) is 20.8 Å². The van der Waals surface area contributed by atoms with Gasteiger partial charge in [-0.3, -0.25) is 0 Å². The van der Waals surface area contributed by atoms with Gasteiger partial charge in [0.25, 0.3) is 0 Å². The van der Waals surface area contributed by atoms with E-state index in [-0.39, 0.29) is 5.75 Å². The molecule has 9 heavy (non-hydrogen) atoms. The maximum atomic E-state index is 8.96. The molecule has 1 aromatic carbocycles. The van der Waals surface area contributed by atoms with Crippen LogP contribution in [0.5, 0.6) is 5.75 Å². The molecule has 0 saturated heterocycles. The minimum absolute atomic E-state index is 0.0301. The highest BCUT2D eigenvalue weighted by atomic mass is 16.3. The van der Waals surface area contributed by atoms with Crippen LogP contribution in [0.3, 0.4) is 0 Å². The van der Waals surface area contributed by atoms with Crippen molar-refractivity contribution in [2.45, 2.75) is 0 Å². The molecule has 0 aliphatic heterocycles. The lowest BCUT2D eigenvalue weighted by Gasteiger charge is -2.00. The molecule has 0 fully saturated rings. The van der Waals surface area contributed by atoms with Crippen molar-refractivity contribution in [1.82, 2.24) is 0 Å². The van der Waals surface area contributed by atoms with E-state index in [9.17, 15) is 0 Å². The summed E-state index contributed by atoms with van der Waals surface area (Å²) < 4.78 is 0. The van der Waals surface area contributed by atoms with E-state index in [2.05, 4.69) is 0 Å². The molecule has 40 valence electrons. The number of hydrogen-bond donors (Lipinski definition) is 1. The standard InChI is InChI=1S/C6H4B2O/c7-4-2-1-3-5(8)6(4)9/h1-3,9H. The van der Waals surface area contributed by atoms with Gasteiger partial charge in [0.2, 0.25) is 0 Å². The zero-order valence-corrected chi connectivity index (χ0v) is 4.83. The van der Waals surface area contributed by atoms with Crippen LogP contribution >= 0.6 is 0 Å². The molecule has 0 heterocycles. The third-order valence-corrected chi connectivity index (χ3v) is 1.10. The van der Waals surface area contributed by atoms with E-state index >= 15 is 0 Å². The topological polar surface area (TPSA) is 20.2 Å². The Labute approximate surface area is 56.5 Å². The molecule has 0 aliphatic carbocycles. The molecule has 0 spiro atoms. The largest absolute Gasteiger partial charge is 0.509 e. The fraction of sp³-hybridized carbons (Fsp3) is 0. The highest BCUT2D eigenvalue weighted by Crippen LogP contribution is 1.94. The predicted octanol–water partition coefficient (Wildman–Crippen LogP) is -1.02. The lowest BCUT2D eigenvalue weighted by atomic mass is 9.86. The highest BCUT2D eigenvalue weighted by molar-refractivity contribution is 6.41. The fourth-order valence-electron chi connectivity index (χ4n) is 0.580. The lowest BCUT2D eigenvalue weighted by Crippen LogP contribution is -2.13. The Kier molecular flexibility index (Phi) is 1.52. The average Bonchev–Trinajstić information content (AvgIpc) is 1.83. The number of aromatic hydroxyl groups is 1. The Balaban J connectivity index is 3.25. The van der Waals surface area contributed by atoms with Crippen LogP contribution in [0.1, 0.15) is 0 Å². The van der Waals surface area contributed by atoms with Crippen LogP contribution in [0.15, 0.2) is 18.2 Å². The maximum Gasteiger partial charge on any atom is 0.118 e. The summed E-state index contributed by atoms with van der Waals surface area (Å²) in [6.07, 6.45) is 0. The van der Waals surface area contributed by atoms with Gasteiger partial charge in [-0.15, -0.1) is 0 Å². The van der Waals surface area contributed by atoms with Crippen LogP contribution in [0.25, 0.3) is 0 Å². The zero-order chi connectivity index (χ0) is 6.85. The van der Waals surface area contributed by atoms with Crippen LogP contribution < -0.4 is 10.9 Å². The number of rotatable bonds is 0. The molecule has 0 unspecified atom stereocenters. The fourth-order valence-corrected chi connectivity index (χ4v) is 0.580. The van der Waals surface area contributed by atoms with Crippen molar-refractivity contribution >= 4 is 26.6 Å². The van der Waals surface area contributed by atoms with Gasteiger partial charge in [-0.25, -0.2) is 0 Å². The van der Waals surface area contributed by atoms with Gasteiger partial charge in [0, 0.05) is 0 Å². The molecule has 0 saturated carbocycles. The van der Waals surface area contributed by atoms with Gasteiger partial charge >= 0.3 is 0 Å². The quantitative estimate of drug-likeness (QED) is 0.428. The molecule has 4 radical (unpaired) electrons. The molecule has 0 atom stereocenters. The molecular formula is C6H4B2O. The van der Waals surface area contributed by atoms with E-state index in [1.54, 1.807) is 18.2 Å². The normalized spacial score (nSPS) is 9.33. The summed E-state index contributed by atoms with van der Waals surface area (Å²) in [4.78, 5) is 0. The van der Waals surface area contributed by atoms with Gasteiger partial charge in [-0.1, -0.05) is 29.1 Å². The first-order valence-corrected chi connectivity index (χ1v) is 2.54. The second-order valence-electron chi connectivity index (χ2n) is 1.79. The minimum atomic E-state index is -0.0301. The van der Waals surface area contributed by atoms with Crippen molar-refractivity contribution < 1.29 is 5.11 Å². The molecular weight excluding hydrogens is 110 g/mol. The Morgan fingerprint density at radius 3 is 1.89 bits per heavy atom. The Morgan fingerprint density at radius 1 is 1.11 bits per heavy atom. The van der Waals surface area contributed by atoms with E-state index in [0.29, 0.717) is 10.9 Å². The van der Waals surface area contributed by atoms with Crippen LogP contribution in [0.2, 0.25) is 0 Å².